The number of benzene rings is 2. The van der Waals surface area contributed by atoms with Crippen LogP contribution in [0.1, 0.15) is 28.5 Å². The number of nitrogens with zero attached hydrogens (tertiary/aromatic N) is 6. The monoisotopic (exact) mass is 420 g/mol. The second-order valence-corrected chi connectivity index (χ2v) is 7.16. The highest BCUT2D eigenvalue weighted by molar-refractivity contribution is 6.30. The quantitative estimate of drug-likeness (QED) is 0.463. The molecule has 2 aromatic heterocycles. The maximum atomic E-state index is 13.5. The Morgan fingerprint density at radius 2 is 1.80 bits per heavy atom. The molecule has 150 valence electrons. The first kappa shape index (κ1) is 19.5. The normalized spacial score (nSPS) is 10.9. The third-order valence-electron chi connectivity index (χ3n) is 4.59. The van der Waals surface area contributed by atoms with Crippen LogP contribution < -0.4 is 5.69 Å². The summed E-state index contributed by atoms with van der Waals surface area (Å²) in [5.41, 5.74) is 2.41. The van der Waals surface area contributed by atoms with Crippen LogP contribution in [0.15, 0.2) is 66.1 Å². The van der Waals surface area contributed by atoms with E-state index in [9.17, 15) is 9.59 Å². The van der Waals surface area contributed by atoms with Crippen LogP contribution in [-0.4, -0.2) is 35.4 Å². The van der Waals surface area contributed by atoms with Gasteiger partial charge in [-0.05, 0) is 59.3 Å². The van der Waals surface area contributed by atoms with Crippen LogP contribution in [0.25, 0.3) is 16.9 Å². The summed E-state index contributed by atoms with van der Waals surface area (Å²) in [7, 11) is 1.49. The minimum atomic E-state index is -0.463. The molecular formula is C21H17ClN6O2. The minimum Gasteiger partial charge on any atom is -0.287 e. The summed E-state index contributed by atoms with van der Waals surface area (Å²) in [5.74, 6) is -0.353. The summed E-state index contributed by atoms with van der Waals surface area (Å²) in [6.07, 6.45) is 1.69. The molecule has 2 heterocycles. The molecule has 0 amide bonds. The lowest BCUT2D eigenvalue weighted by molar-refractivity contribution is 0.103. The fourth-order valence-corrected chi connectivity index (χ4v) is 3.21. The molecule has 4 rings (SSSR count). The molecule has 0 atom stereocenters. The number of aromatic nitrogens is 6. The Balaban J connectivity index is 1.85. The van der Waals surface area contributed by atoms with Crippen molar-refractivity contribution in [3.63, 3.8) is 0 Å². The van der Waals surface area contributed by atoms with Crippen molar-refractivity contribution in [1.29, 1.82) is 0 Å². The number of hydrogen-bond acceptors (Lipinski definition) is 5. The molecule has 0 bridgehead atoms. The van der Waals surface area contributed by atoms with E-state index in [-0.39, 0.29) is 17.0 Å². The maximum Gasteiger partial charge on any atom is 0.368 e. The smallest absolute Gasteiger partial charge is 0.287 e. The fourth-order valence-electron chi connectivity index (χ4n) is 3.09. The first-order chi connectivity index (χ1) is 14.4. The van der Waals surface area contributed by atoms with E-state index in [0.717, 1.165) is 15.1 Å². The highest BCUT2D eigenvalue weighted by Gasteiger charge is 2.23. The van der Waals surface area contributed by atoms with Gasteiger partial charge in [-0.2, -0.15) is 14.5 Å². The molecule has 0 aliphatic carbocycles. The van der Waals surface area contributed by atoms with Crippen LogP contribution in [0.3, 0.4) is 0 Å². The lowest BCUT2D eigenvalue weighted by Gasteiger charge is -2.12. The van der Waals surface area contributed by atoms with Crippen LogP contribution in [0.5, 0.6) is 0 Å². The van der Waals surface area contributed by atoms with Gasteiger partial charge in [0.1, 0.15) is 5.69 Å². The van der Waals surface area contributed by atoms with Crippen LogP contribution in [0.4, 0.5) is 0 Å². The van der Waals surface area contributed by atoms with Gasteiger partial charge in [0.05, 0.1) is 16.9 Å². The molecule has 0 aliphatic rings. The number of hydrogen-bond donors (Lipinski definition) is 0. The Bertz CT molecular complexity index is 1330. The Labute approximate surface area is 176 Å². The molecule has 0 fully saturated rings. The van der Waals surface area contributed by atoms with E-state index < -0.39 is 5.69 Å². The molecule has 0 unspecified atom stereocenters. The van der Waals surface area contributed by atoms with Crippen molar-refractivity contribution in [3.05, 3.63) is 93.6 Å². The van der Waals surface area contributed by atoms with E-state index in [1.165, 1.54) is 7.05 Å². The van der Waals surface area contributed by atoms with Crippen molar-refractivity contribution >= 4 is 23.0 Å². The Kier molecular flexibility index (Phi) is 4.93. The zero-order valence-corrected chi connectivity index (χ0v) is 17.0. The summed E-state index contributed by atoms with van der Waals surface area (Å²) in [4.78, 5) is 25.9. The maximum absolute atomic E-state index is 13.5. The predicted octanol–water partition coefficient (Wildman–Crippen LogP) is 3.07. The first-order valence-corrected chi connectivity index (χ1v) is 9.39. The largest absolute Gasteiger partial charge is 0.368 e. The third kappa shape index (κ3) is 3.37. The summed E-state index contributed by atoms with van der Waals surface area (Å²) in [6.45, 7) is 5.76. The van der Waals surface area contributed by atoms with Gasteiger partial charge in [-0.3, -0.25) is 4.79 Å². The molecule has 9 heteroatoms. The molecule has 2 aromatic carbocycles. The number of aryl methyl sites for hydroxylation is 1. The number of carbonyl (C=O) groups is 1. The average Bonchev–Trinajstić information content (AvgIpc) is 3.35. The fraction of sp³-hybridized carbons (Fsp3) is 0.0952. The van der Waals surface area contributed by atoms with Crippen molar-refractivity contribution in [1.82, 2.24) is 29.6 Å². The highest BCUT2D eigenvalue weighted by atomic mass is 35.5. The summed E-state index contributed by atoms with van der Waals surface area (Å²) >= 11 is 5.94. The first-order valence-electron chi connectivity index (χ1n) is 9.01. The van der Waals surface area contributed by atoms with Crippen LogP contribution >= 0.6 is 11.6 Å². The van der Waals surface area contributed by atoms with Crippen molar-refractivity contribution in [2.45, 2.75) is 6.92 Å². The zero-order valence-electron chi connectivity index (χ0n) is 16.3. The number of ketones is 1. The molecule has 0 saturated carbocycles. The van der Waals surface area contributed by atoms with Gasteiger partial charge < -0.3 is 0 Å². The Hall–Kier alpha value is -3.78. The number of rotatable bonds is 5. The Morgan fingerprint density at radius 1 is 1.07 bits per heavy atom. The van der Waals surface area contributed by atoms with Crippen molar-refractivity contribution in [2.24, 2.45) is 7.05 Å². The average molecular weight is 421 g/mol. The molecule has 0 N–H and O–H groups in total. The second-order valence-electron chi connectivity index (χ2n) is 6.73. The lowest BCUT2D eigenvalue weighted by atomic mass is 9.95. The Morgan fingerprint density at radius 3 is 2.43 bits per heavy atom. The standard InChI is InChI=1S/C21H17ClN6O2/c1-13(2)16-5-4-6-18(28-21(30)26(3)24-25-28)19(16)20(29)17-11-12-27(23-17)15-9-7-14(22)8-10-15/h4-12H,1H2,2-3H3. The van der Waals surface area contributed by atoms with Gasteiger partial charge in [-0.15, -0.1) is 0 Å². The summed E-state index contributed by atoms with van der Waals surface area (Å²) < 4.78 is 3.77. The van der Waals surface area contributed by atoms with Crippen LogP contribution in [0.2, 0.25) is 5.02 Å². The van der Waals surface area contributed by atoms with Gasteiger partial charge in [0, 0.05) is 18.3 Å². The molecule has 0 spiro atoms. The number of allylic oxidation sites excluding steroid dienone is 1. The van der Waals surface area contributed by atoms with E-state index in [2.05, 4.69) is 22.1 Å². The van der Waals surface area contributed by atoms with Gasteiger partial charge in [0.25, 0.3) is 0 Å². The number of carbonyl (C=O) groups excluding carboxylic acids is 1. The van der Waals surface area contributed by atoms with Crippen LogP contribution in [-0.2, 0) is 7.05 Å². The van der Waals surface area contributed by atoms with E-state index >= 15 is 0 Å². The van der Waals surface area contributed by atoms with E-state index in [1.807, 2.05) is 0 Å². The van der Waals surface area contributed by atoms with Crippen LogP contribution in [0, 0.1) is 0 Å². The SMILES string of the molecule is C=C(C)c1cccc(-n2nnn(C)c2=O)c1C(=O)c1ccn(-c2ccc(Cl)cc2)n1. The molecule has 0 aliphatic heterocycles. The summed E-state index contributed by atoms with van der Waals surface area (Å²) in [6, 6.07) is 13.9. The minimum absolute atomic E-state index is 0.219. The van der Waals surface area contributed by atoms with Gasteiger partial charge in [0.2, 0.25) is 5.78 Å². The van der Waals surface area contributed by atoms with Crippen molar-refractivity contribution < 1.29 is 4.79 Å². The van der Waals surface area contributed by atoms with Gasteiger partial charge in [0.15, 0.2) is 0 Å². The molecular weight excluding hydrogens is 404 g/mol. The van der Waals surface area contributed by atoms with Crippen molar-refractivity contribution in [2.75, 3.05) is 0 Å². The number of halogens is 1. The topological polar surface area (TPSA) is 87.6 Å². The molecule has 4 aromatic rings. The molecule has 0 radical (unpaired) electrons. The molecule has 30 heavy (non-hydrogen) atoms. The molecule has 0 saturated heterocycles. The van der Waals surface area contributed by atoms with Crippen molar-refractivity contribution in [3.8, 4) is 11.4 Å². The van der Waals surface area contributed by atoms with Gasteiger partial charge in [-0.25, -0.2) is 9.48 Å². The van der Waals surface area contributed by atoms with Gasteiger partial charge >= 0.3 is 5.69 Å². The predicted molar refractivity (Wildman–Crippen MR) is 113 cm³/mol. The zero-order chi connectivity index (χ0) is 21.4. The third-order valence-corrected chi connectivity index (χ3v) is 4.84. The second kappa shape index (κ2) is 7.57. The van der Waals surface area contributed by atoms with Gasteiger partial charge in [-0.1, -0.05) is 35.9 Å². The van der Waals surface area contributed by atoms with E-state index in [1.54, 1.807) is 66.3 Å². The summed E-state index contributed by atoms with van der Waals surface area (Å²) in [5, 5.41) is 12.6. The lowest BCUT2D eigenvalue weighted by Crippen LogP contribution is -2.24. The van der Waals surface area contributed by atoms with E-state index in [0.29, 0.717) is 21.8 Å². The van der Waals surface area contributed by atoms with E-state index in [4.69, 9.17) is 11.6 Å². The number of tetrazole rings is 1. The molecule has 8 nitrogen and oxygen atoms in total. The highest BCUT2D eigenvalue weighted by Crippen LogP contribution is 2.26.